The maximum absolute atomic E-state index is 11.6. The lowest BCUT2D eigenvalue weighted by atomic mass is 10.2. The Balaban J connectivity index is 1.76. The summed E-state index contributed by atoms with van der Waals surface area (Å²) in [7, 11) is 0. The van der Waals surface area contributed by atoms with E-state index in [0.29, 0.717) is 12.2 Å². The lowest BCUT2D eigenvalue weighted by Crippen LogP contribution is -2.29. The first-order chi connectivity index (χ1) is 9.24. The maximum Gasteiger partial charge on any atom is 0.345 e. The van der Waals surface area contributed by atoms with E-state index in [1.165, 1.54) is 12.4 Å². The van der Waals surface area contributed by atoms with Crippen LogP contribution in [0.1, 0.15) is 5.56 Å². The molecule has 0 fully saturated rings. The molecular formula is C13H14N4O2. The average Bonchev–Trinajstić information content (AvgIpc) is 2.45. The molecule has 0 atom stereocenters. The van der Waals surface area contributed by atoms with Crippen LogP contribution in [0.15, 0.2) is 47.5 Å². The highest BCUT2D eigenvalue weighted by molar-refractivity contribution is 5.80. The molecule has 1 aromatic heterocycles. The minimum absolute atomic E-state index is 0.126. The van der Waals surface area contributed by atoms with Gasteiger partial charge in [-0.3, -0.25) is 4.79 Å². The number of aromatic amines is 1. The number of hydrogen-bond acceptors (Lipinski definition) is 4. The second kappa shape index (κ2) is 6.34. The average molecular weight is 258 g/mol. The van der Waals surface area contributed by atoms with Gasteiger partial charge in [-0.2, -0.15) is 4.98 Å². The van der Waals surface area contributed by atoms with Crippen LogP contribution in [0.5, 0.6) is 0 Å². The van der Waals surface area contributed by atoms with Crippen molar-refractivity contribution in [3.63, 3.8) is 0 Å². The Bertz CT molecular complexity index is 575. The second-order valence-corrected chi connectivity index (χ2v) is 3.92. The highest BCUT2D eigenvalue weighted by Gasteiger charge is 2.01. The number of amides is 1. The quantitative estimate of drug-likeness (QED) is 0.728. The zero-order valence-electron chi connectivity index (χ0n) is 10.2. The molecule has 2 rings (SSSR count). The highest BCUT2D eigenvalue weighted by Crippen LogP contribution is 1.98. The van der Waals surface area contributed by atoms with E-state index < -0.39 is 5.69 Å². The molecule has 0 aliphatic heterocycles. The van der Waals surface area contributed by atoms with Crippen molar-refractivity contribution in [3.8, 4) is 0 Å². The van der Waals surface area contributed by atoms with Crippen molar-refractivity contribution in [2.45, 2.75) is 6.54 Å². The fourth-order valence-corrected chi connectivity index (χ4v) is 1.48. The second-order valence-electron chi connectivity index (χ2n) is 3.92. The van der Waals surface area contributed by atoms with Crippen LogP contribution >= 0.6 is 0 Å². The maximum atomic E-state index is 11.6. The topological polar surface area (TPSA) is 86.9 Å². The van der Waals surface area contributed by atoms with E-state index in [1.54, 1.807) is 0 Å². The van der Waals surface area contributed by atoms with Crippen molar-refractivity contribution < 1.29 is 4.79 Å². The smallest absolute Gasteiger partial charge is 0.345 e. The predicted octanol–water partition coefficient (Wildman–Crippen LogP) is 0.498. The van der Waals surface area contributed by atoms with E-state index >= 15 is 0 Å². The zero-order valence-corrected chi connectivity index (χ0v) is 10.2. The summed E-state index contributed by atoms with van der Waals surface area (Å²) < 4.78 is 0. The molecular weight excluding hydrogens is 244 g/mol. The van der Waals surface area contributed by atoms with Crippen molar-refractivity contribution in [3.05, 3.63) is 58.8 Å². The molecule has 0 aliphatic carbocycles. The number of H-pyrrole nitrogens is 1. The molecule has 0 bridgehead atoms. The van der Waals surface area contributed by atoms with Crippen LogP contribution in [0.4, 0.5) is 5.69 Å². The van der Waals surface area contributed by atoms with Crippen LogP contribution in [-0.2, 0) is 11.3 Å². The normalized spacial score (nSPS) is 9.89. The summed E-state index contributed by atoms with van der Waals surface area (Å²) in [6, 6.07) is 9.66. The molecule has 19 heavy (non-hydrogen) atoms. The van der Waals surface area contributed by atoms with E-state index in [-0.39, 0.29) is 12.5 Å². The first-order valence-electron chi connectivity index (χ1n) is 5.83. The van der Waals surface area contributed by atoms with Crippen molar-refractivity contribution in [2.24, 2.45) is 0 Å². The van der Waals surface area contributed by atoms with Crippen LogP contribution in [-0.4, -0.2) is 22.4 Å². The summed E-state index contributed by atoms with van der Waals surface area (Å²) in [6.45, 7) is 0.617. The van der Waals surface area contributed by atoms with Gasteiger partial charge < -0.3 is 15.6 Å². The monoisotopic (exact) mass is 258 g/mol. The molecule has 0 spiro atoms. The van der Waals surface area contributed by atoms with Gasteiger partial charge in [0.25, 0.3) is 0 Å². The zero-order chi connectivity index (χ0) is 13.5. The highest BCUT2D eigenvalue weighted by atomic mass is 16.2. The standard InChI is InChI=1S/C13H14N4O2/c18-12(15-6-10-4-2-1-3-5-10)9-14-11-7-16-13(19)17-8-11/h1-5,7-8,14H,6,9H2,(H,15,18)(H,16,17,19). The predicted molar refractivity (Wildman–Crippen MR) is 71.6 cm³/mol. The Morgan fingerprint density at radius 2 is 2.05 bits per heavy atom. The van der Waals surface area contributed by atoms with Gasteiger partial charge >= 0.3 is 5.69 Å². The van der Waals surface area contributed by atoms with Crippen molar-refractivity contribution >= 4 is 11.6 Å². The minimum Gasteiger partial charge on any atom is -0.374 e. The van der Waals surface area contributed by atoms with Gasteiger partial charge in [-0.15, -0.1) is 0 Å². The fourth-order valence-electron chi connectivity index (χ4n) is 1.48. The Labute approximate surface area is 109 Å². The van der Waals surface area contributed by atoms with Gasteiger partial charge in [0.2, 0.25) is 5.91 Å². The molecule has 1 aromatic carbocycles. The Hall–Kier alpha value is -2.63. The van der Waals surface area contributed by atoms with Crippen LogP contribution in [0.2, 0.25) is 0 Å². The number of carbonyl (C=O) groups is 1. The van der Waals surface area contributed by atoms with Gasteiger partial charge in [0, 0.05) is 12.7 Å². The molecule has 0 unspecified atom stereocenters. The van der Waals surface area contributed by atoms with Crippen LogP contribution in [0.25, 0.3) is 0 Å². The fraction of sp³-hybridized carbons (Fsp3) is 0.154. The third-order valence-electron chi connectivity index (χ3n) is 2.46. The van der Waals surface area contributed by atoms with Gasteiger partial charge in [-0.25, -0.2) is 4.79 Å². The molecule has 3 N–H and O–H groups in total. The molecule has 0 saturated heterocycles. The summed E-state index contributed by atoms with van der Waals surface area (Å²) in [4.78, 5) is 28.3. The molecule has 1 heterocycles. The number of nitrogens with one attached hydrogen (secondary N) is 3. The third kappa shape index (κ3) is 4.27. The number of nitrogens with zero attached hydrogens (tertiary/aromatic N) is 1. The van der Waals surface area contributed by atoms with E-state index in [9.17, 15) is 9.59 Å². The van der Waals surface area contributed by atoms with E-state index in [4.69, 9.17) is 0 Å². The molecule has 6 heteroatoms. The molecule has 0 aliphatic rings. The van der Waals surface area contributed by atoms with E-state index in [0.717, 1.165) is 5.56 Å². The Kier molecular flexibility index (Phi) is 4.28. The summed E-state index contributed by atoms with van der Waals surface area (Å²) >= 11 is 0. The minimum atomic E-state index is -0.418. The van der Waals surface area contributed by atoms with Gasteiger partial charge in [0.15, 0.2) is 0 Å². The Morgan fingerprint density at radius 3 is 2.74 bits per heavy atom. The van der Waals surface area contributed by atoms with Gasteiger partial charge in [-0.1, -0.05) is 30.3 Å². The van der Waals surface area contributed by atoms with E-state index in [2.05, 4.69) is 20.6 Å². The lowest BCUT2D eigenvalue weighted by molar-refractivity contribution is -0.119. The summed E-state index contributed by atoms with van der Waals surface area (Å²) in [5, 5.41) is 5.65. The molecule has 6 nitrogen and oxygen atoms in total. The third-order valence-corrected chi connectivity index (χ3v) is 2.46. The van der Waals surface area contributed by atoms with Gasteiger partial charge in [0.05, 0.1) is 18.4 Å². The number of anilines is 1. The largest absolute Gasteiger partial charge is 0.374 e. The number of hydrogen-bond donors (Lipinski definition) is 3. The molecule has 2 aromatic rings. The van der Waals surface area contributed by atoms with Crippen molar-refractivity contribution in [1.82, 2.24) is 15.3 Å². The molecule has 1 amide bonds. The molecule has 0 saturated carbocycles. The molecule has 0 radical (unpaired) electrons. The van der Waals surface area contributed by atoms with Crippen LogP contribution < -0.4 is 16.3 Å². The SMILES string of the molecule is O=C(CNc1cnc(=O)[nH]c1)NCc1ccccc1. The summed E-state index contributed by atoms with van der Waals surface area (Å²) in [6.07, 6.45) is 2.85. The number of aromatic nitrogens is 2. The van der Waals surface area contributed by atoms with Crippen LogP contribution in [0.3, 0.4) is 0 Å². The Morgan fingerprint density at radius 1 is 1.26 bits per heavy atom. The summed E-state index contributed by atoms with van der Waals surface area (Å²) in [5.41, 5.74) is 1.22. The van der Waals surface area contributed by atoms with Gasteiger partial charge in [-0.05, 0) is 5.56 Å². The van der Waals surface area contributed by atoms with Gasteiger partial charge in [0.1, 0.15) is 0 Å². The van der Waals surface area contributed by atoms with Crippen LogP contribution in [0, 0.1) is 0 Å². The number of benzene rings is 1. The summed E-state index contributed by atoms with van der Waals surface area (Å²) in [5.74, 6) is -0.130. The lowest BCUT2D eigenvalue weighted by Gasteiger charge is -2.07. The van der Waals surface area contributed by atoms with E-state index in [1.807, 2.05) is 30.3 Å². The van der Waals surface area contributed by atoms with Crippen molar-refractivity contribution in [1.29, 1.82) is 0 Å². The first kappa shape index (κ1) is 12.8. The first-order valence-corrected chi connectivity index (χ1v) is 5.83. The van der Waals surface area contributed by atoms with Crippen molar-refractivity contribution in [2.75, 3.05) is 11.9 Å². The molecule has 98 valence electrons. The number of rotatable bonds is 5. The number of carbonyl (C=O) groups excluding carboxylic acids is 1.